The fourth-order valence-corrected chi connectivity index (χ4v) is 2.63. The predicted octanol–water partition coefficient (Wildman–Crippen LogP) is 3.48. The number of aryl methyl sites for hydroxylation is 1. The monoisotopic (exact) mass is 353 g/mol. The van der Waals surface area contributed by atoms with Crippen LogP contribution in [0.2, 0.25) is 0 Å². The van der Waals surface area contributed by atoms with Crippen molar-refractivity contribution in [3.8, 4) is 5.75 Å². The molecule has 6 nitrogen and oxygen atoms in total. The van der Waals surface area contributed by atoms with Crippen LogP contribution in [-0.4, -0.2) is 23.6 Å². The minimum atomic E-state index is -0.531. The van der Waals surface area contributed by atoms with E-state index in [1.807, 2.05) is 26.0 Å². The second-order valence-electron chi connectivity index (χ2n) is 6.07. The van der Waals surface area contributed by atoms with Crippen molar-refractivity contribution in [1.82, 2.24) is 0 Å². The van der Waals surface area contributed by atoms with Crippen LogP contribution in [0.5, 0.6) is 5.75 Å². The second kappa shape index (κ2) is 7.31. The normalized spacial score (nSPS) is 10.7. The van der Waals surface area contributed by atoms with Crippen LogP contribution in [0.15, 0.2) is 47.1 Å². The van der Waals surface area contributed by atoms with Crippen molar-refractivity contribution < 1.29 is 23.8 Å². The van der Waals surface area contributed by atoms with Gasteiger partial charge >= 0.3 is 5.97 Å². The van der Waals surface area contributed by atoms with E-state index in [0.717, 1.165) is 16.5 Å². The Morgan fingerprint density at radius 3 is 2.81 bits per heavy atom. The average Bonchev–Trinajstić information content (AvgIpc) is 2.99. The van der Waals surface area contributed by atoms with Crippen LogP contribution < -0.4 is 5.32 Å². The highest BCUT2D eigenvalue weighted by atomic mass is 16.5. The molecular weight excluding hydrogens is 334 g/mol. The first-order valence-corrected chi connectivity index (χ1v) is 8.15. The van der Waals surface area contributed by atoms with E-state index in [1.165, 1.54) is 18.4 Å². The third kappa shape index (κ3) is 3.85. The van der Waals surface area contributed by atoms with Crippen molar-refractivity contribution in [3.63, 3.8) is 0 Å². The van der Waals surface area contributed by atoms with Crippen LogP contribution in [0, 0.1) is 13.8 Å². The number of hydrogen-bond donors (Lipinski definition) is 2. The number of amides is 1. The van der Waals surface area contributed by atoms with Crippen molar-refractivity contribution in [2.24, 2.45) is 0 Å². The smallest absolute Gasteiger partial charge is 0.310 e. The van der Waals surface area contributed by atoms with Crippen molar-refractivity contribution in [2.45, 2.75) is 20.3 Å². The summed E-state index contributed by atoms with van der Waals surface area (Å²) in [5.74, 6) is -0.838. The summed E-state index contributed by atoms with van der Waals surface area (Å²) in [6.07, 6.45) is 1.43. The summed E-state index contributed by atoms with van der Waals surface area (Å²) < 4.78 is 10.4. The molecule has 3 rings (SSSR count). The Labute approximate surface area is 150 Å². The number of furan rings is 1. The molecular formula is C20H19NO5. The maximum Gasteiger partial charge on any atom is 0.310 e. The quantitative estimate of drug-likeness (QED) is 0.686. The van der Waals surface area contributed by atoms with Crippen LogP contribution in [0.25, 0.3) is 11.0 Å². The Morgan fingerprint density at radius 1 is 1.19 bits per heavy atom. The lowest BCUT2D eigenvalue weighted by atomic mass is 10.1. The molecule has 0 saturated heterocycles. The van der Waals surface area contributed by atoms with E-state index in [1.54, 1.807) is 12.1 Å². The van der Waals surface area contributed by atoms with Gasteiger partial charge in [0.25, 0.3) is 5.91 Å². The molecule has 0 aliphatic carbocycles. The lowest BCUT2D eigenvalue weighted by molar-refractivity contribution is -0.146. The van der Waals surface area contributed by atoms with Gasteiger partial charge in [-0.15, -0.1) is 0 Å². The number of carbonyl (C=O) groups is 2. The zero-order valence-electron chi connectivity index (χ0n) is 14.5. The molecule has 0 aliphatic heterocycles. The highest BCUT2D eigenvalue weighted by Gasteiger charge is 2.14. The lowest BCUT2D eigenvalue weighted by Gasteiger charge is -2.10. The molecule has 26 heavy (non-hydrogen) atoms. The molecule has 0 unspecified atom stereocenters. The minimum absolute atomic E-state index is 0.0193. The number of carbonyl (C=O) groups excluding carboxylic acids is 2. The van der Waals surface area contributed by atoms with E-state index < -0.39 is 11.9 Å². The largest absolute Gasteiger partial charge is 0.508 e. The molecule has 1 amide bonds. The third-order valence-electron chi connectivity index (χ3n) is 4.22. The van der Waals surface area contributed by atoms with Gasteiger partial charge in [-0.25, -0.2) is 0 Å². The van der Waals surface area contributed by atoms with Gasteiger partial charge in [0.05, 0.1) is 12.7 Å². The molecule has 1 heterocycles. The fraction of sp³-hybridized carbons (Fsp3) is 0.200. The highest BCUT2D eigenvalue weighted by molar-refractivity contribution is 5.94. The number of rotatable bonds is 5. The van der Waals surface area contributed by atoms with E-state index in [4.69, 9.17) is 9.15 Å². The van der Waals surface area contributed by atoms with Crippen molar-refractivity contribution in [2.75, 3.05) is 11.9 Å². The lowest BCUT2D eigenvalue weighted by Crippen LogP contribution is -2.22. The number of nitrogens with one attached hydrogen (secondary N) is 1. The number of phenols is 1. The van der Waals surface area contributed by atoms with Gasteiger partial charge in [-0.3, -0.25) is 9.59 Å². The number of esters is 1. The van der Waals surface area contributed by atoms with Crippen LogP contribution in [0.1, 0.15) is 16.7 Å². The molecule has 134 valence electrons. The summed E-state index contributed by atoms with van der Waals surface area (Å²) in [5, 5.41) is 12.9. The number of phenolic OH excluding ortho intramolecular Hbond substituents is 1. The maximum atomic E-state index is 12.0. The predicted molar refractivity (Wildman–Crippen MR) is 97.1 cm³/mol. The summed E-state index contributed by atoms with van der Waals surface area (Å²) in [6, 6.07) is 10.3. The minimum Gasteiger partial charge on any atom is -0.508 e. The number of hydrogen-bond acceptors (Lipinski definition) is 5. The number of fused-ring (bicyclic) bond motifs is 1. The molecule has 0 bridgehead atoms. The summed E-state index contributed by atoms with van der Waals surface area (Å²) in [5.41, 5.74) is 3.87. The second-order valence-corrected chi connectivity index (χ2v) is 6.07. The van der Waals surface area contributed by atoms with Gasteiger partial charge < -0.3 is 19.6 Å². The molecule has 0 fully saturated rings. The first-order chi connectivity index (χ1) is 12.4. The van der Waals surface area contributed by atoms with Crippen LogP contribution >= 0.6 is 0 Å². The van der Waals surface area contributed by atoms with Gasteiger partial charge in [0.2, 0.25) is 0 Å². The molecule has 0 aliphatic rings. The van der Waals surface area contributed by atoms with E-state index in [9.17, 15) is 14.7 Å². The zero-order chi connectivity index (χ0) is 18.7. The van der Waals surface area contributed by atoms with Crippen LogP contribution in [0.4, 0.5) is 5.69 Å². The van der Waals surface area contributed by atoms with Crippen LogP contribution in [0.3, 0.4) is 0 Å². The number of ether oxygens (including phenoxy) is 1. The van der Waals surface area contributed by atoms with Crippen molar-refractivity contribution in [1.29, 1.82) is 0 Å². The van der Waals surface area contributed by atoms with Crippen molar-refractivity contribution in [3.05, 3.63) is 59.4 Å². The Hall–Kier alpha value is -3.28. The first-order valence-electron chi connectivity index (χ1n) is 8.15. The van der Waals surface area contributed by atoms with E-state index in [-0.39, 0.29) is 18.8 Å². The summed E-state index contributed by atoms with van der Waals surface area (Å²) >= 11 is 0. The molecule has 0 radical (unpaired) electrons. The van der Waals surface area contributed by atoms with Gasteiger partial charge in [0.15, 0.2) is 6.61 Å². The summed E-state index contributed by atoms with van der Waals surface area (Å²) in [4.78, 5) is 24.0. The van der Waals surface area contributed by atoms with Crippen molar-refractivity contribution >= 4 is 28.5 Å². The summed E-state index contributed by atoms with van der Waals surface area (Å²) in [6.45, 7) is 3.52. The number of aromatic hydroxyl groups is 1. The third-order valence-corrected chi connectivity index (χ3v) is 4.22. The average molecular weight is 353 g/mol. The molecule has 6 heteroatoms. The Kier molecular flexibility index (Phi) is 4.93. The zero-order valence-corrected chi connectivity index (χ0v) is 14.5. The molecule has 3 aromatic rings. The van der Waals surface area contributed by atoms with Gasteiger partial charge in [0.1, 0.15) is 11.3 Å². The Balaban J connectivity index is 1.56. The molecule has 2 N–H and O–H groups in total. The maximum absolute atomic E-state index is 12.0. The fourth-order valence-electron chi connectivity index (χ4n) is 2.63. The topological polar surface area (TPSA) is 88.8 Å². The molecule has 1 aromatic heterocycles. The molecule has 0 saturated carbocycles. The van der Waals surface area contributed by atoms with Gasteiger partial charge in [-0.2, -0.15) is 0 Å². The molecule has 0 atom stereocenters. The number of benzene rings is 2. The highest BCUT2D eigenvalue weighted by Crippen LogP contribution is 2.25. The molecule has 0 spiro atoms. The molecule has 2 aromatic carbocycles. The SMILES string of the molecule is Cc1cccc(NC(=O)COC(=O)Cc2coc3cc(O)ccc23)c1C. The Bertz CT molecular complexity index is 973. The van der Waals surface area contributed by atoms with Gasteiger partial charge in [-0.1, -0.05) is 12.1 Å². The van der Waals surface area contributed by atoms with Crippen LogP contribution in [-0.2, 0) is 20.7 Å². The van der Waals surface area contributed by atoms with Gasteiger partial charge in [-0.05, 0) is 43.2 Å². The number of anilines is 1. The van der Waals surface area contributed by atoms with E-state index in [0.29, 0.717) is 16.8 Å². The van der Waals surface area contributed by atoms with E-state index >= 15 is 0 Å². The standard InChI is InChI=1S/C20H19NO5/c1-12-4-3-5-17(13(12)2)21-19(23)11-26-20(24)8-14-10-25-18-9-15(22)6-7-16(14)18/h3-7,9-10,22H,8,11H2,1-2H3,(H,21,23). The Morgan fingerprint density at radius 2 is 2.00 bits per heavy atom. The van der Waals surface area contributed by atoms with Gasteiger partial charge in [0, 0.05) is 22.7 Å². The summed E-state index contributed by atoms with van der Waals surface area (Å²) in [7, 11) is 0. The van der Waals surface area contributed by atoms with E-state index in [2.05, 4.69) is 5.32 Å². The first kappa shape index (κ1) is 17.5.